The van der Waals surface area contributed by atoms with Gasteiger partial charge in [-0.1, -0.05) is 13.8 Å². The van der Waals surface area contributed by atoms with Gasteiger partial charge in [0.25, 0.3) is 0 Å². The minimum absolute atomic E-state index is 0.283. The van der Waals surface area contributed by atoms with Crippen molar-refractivity contribution in [1.82, 2.24) is 20.2 Å². The van der Waals surface area contributed by atoms with Crippen LogP contribution in [0.15, 0.2) is 0 Å². The summed E-state index contributed by atoms with van der Waals surface area (Å²) in [5, 5.41) is 12.9. The Bertz CT molecular complexity index is 571. The number of aromatic nitrogens is 4. The van der Waals surface area contributed by atoms with E-state index in [1.54, 1.807) is 4.90 Å². The van der Waals surface area contributed by atoms with Gasteiger partial charge in [0.2, 0.25) is 5.82 Å². The zero-order valence-electron chi connectivity index (χ0n) is 17.2. The number of ether oxygens (including phenoxy) is 1. The molecule has 0 spiro atoms. The molecule has 2 saturated heterocycles. The predicted molar refractivity (Wildman–Crippen MR) is 103 cm³/mol. The Morgan fingerprint density at radius 2 is 1.85 bits per heavy atom. The summed E-state index contributed by atoms with van der Waals surface area (Å²) in [6.45, 7) is 11.4. The molecule has 0 radical (unpaired) electrons. The van der Waals surface area contributed by atoms with Crippen molar-refractivity contribution in [2.45, 2.75) is 83.5 Å². The molecule has 0 amide bonds. The molecule has 3 aliphatic rings. The van der Waals surface area contributed by atoms with Crippen LogP contribution in [0.5, 0.6) is 0 Å². The normalized spacial score (nSPS) is 31.0. The smallest absolute Gasteiger partial charge is 0.209 e. The first-order valence-corrected chi connectivity index (χ1v) is 11.3. The van der Waals surface area contributed by atoms with E-state index in [0.29, 0.717) is 12.0 Å². The molecular weight excluding hydrogens is 340 g/mol. The van der Waals surface area contributed by atoms with E-state index in [-0.39, 0.29) is 6.10 Å². The van der Waals surface area contributed by atoms with Crippen LogP contribution in [0.4, 0.5) is 0 Å². The number of hydrogen-bond donors (Lipinski definition) is 2. The molecule has 152 valence electrons. The van der Waals surface area contributed by atoms with Crippen LogP contribution in [0.3, 0.4) is 0 Å². The van der Waals surface area contributed by atoms with Crippen molar-refractivity contribution < 1.29 is 14.5 Å². The molecule has 0 aromatic carbocycles. The number of hydrogen-bond acceptors (Lipinski definition) is 4. The lowest BCUT2D eigenvalue weighted by Gasteiger charge is -2.36. The Labute approximate surface area is 163 Å². The van der Waals surface area contributed by atoms with Crippen LogP contribution < -0.4 is 9.80 Å². The fourth-order valence-corrected chi connectivity index (χ4v) is 5.48. The second-order valence-electron chi connectivity index (χ2n) is 9.33. The van der Waals surface area contributed by atoms with Crippen molar-refractivity contribution >= 4 is 0 Å². The first kappa shape index (κ1) is 19.3. The molecule has 27 heavy (non-hydrogen) atoms. The van der Waals surface area contributed by atoms with Crippen molar-refractivity contribution in [2.75, 3.05) is 32.8 Å². The molecule has 2 atom stereocenters. The van der Waals surface area contributed by atoms with Crippen LogP contribution in [-0.2, 0) is 11.3 Å². The van der Waals surface area contributed by atoms with Crippen LogP contribution in [-0.4, -0.2) is 65.1 Å². The fraction of sp³-hybridized carbons (Fsp3) is 0.950. The molecule has 2 aliphatic heterocycles. The molecule has 7 heteroatoms. The Kier molecular flexibility index (Phi) is 6.40. The summed E-state index contributed by atoms with van der Waals surface area (Å²) in [4.78, 5) is 3.55. The molecule has 0 unspecified atom stereocenters. The highest BCUT2D eigenvalue weighted by molar-refractivity contribution is 4.89. The summed E-state index contributed by atoms with van der Waals surface area (Å²) in [5.41, 5.74) is 0. The third-order valence-corrected chi connectivity index (χ3v) is 6.94. The number of nitrogens with one attached hydrogen (secondary N) is 2. The molecule has 1 saturated carbocycles. The molecule has 1 aromatic rings. The maximum Gasteiger partial charge on any atom is 0.209 e. The minimum atomic E-state index is 0.283. The quantitative estimate of drug-likeness (QED) is 0.682. The molecule has 3 heterocycles. The monoisotopic (exact) mass is 378 g/mol. The lowest BCUT2D eigenvalue weighted by molar-refractivity contribution is -1.04. The molecule has 3 fully saturated rings. The van der Waals surface area contributed by atoms with E-state index >= 15 is 0 Å². The van der Waals surface area contributed by atoms with Gasteiger partial charge in [0, 0.05) is 13.0 Å². The lowest BCUT2D eigenvalue weighted by Crippen LogP contribution is -3.29. The van der Waals surface area contributed by atoms with E-state index in [1.807, 2.05) is 9.58 Å². The van der Waals surface area contributed by atoms with Gasteiger partial charge < -0.3 is 14.5 Å². The fourth-order valence-electron chi connectivity index (χ4n) is 5.48. The van der Waals surface area contributed by atoms with Gasteiger partial charge in [0.1, 0.15) is 26.2 Å². The molecule has 7 nitrogen and oxygen atoms in total. The van der Waals surface area contributed by atoms with Crippen LogP contribution in [0.25, 0.3) is 0 Å². The summed E-state index contributed by atoms with van der Waals surface area (Å²) < 4.78 is 7.88. The van der Waals surface area contributed by atoms with Gasteiger partial charge in [-0.3, -0.25) is 0 Å². The maximum atomic E-state index is 5.83. The van der Waals surface area contributed by atoms with Crippen LogP contribution in [0, 0.1) is 5.92 Å². The van der Waals surface area contributed by atoms with Gasteiger partial charge >= 0.3 is 0 Å². The summed E-state index contributed by atoms with van der Waals surface area (Å²) >= 11 is 0. The van der Waals surface area contributed by atoms with Gasteiger partial charge in [0.05, 0.1) is 18.7 Å². The molecule has 2 N–H and O–H groups in total. The van der Waals surface area contributed by atoms with Crippen molar-refractivity contribution in [3.05, 3.63) is 5.82 Å². The Morgan fingerprint density at radius 3 is 2.52 bits per heavy atom. The zero-order chi connectivity index (χ0) is 18.6. The summed E-state index contributed by atoms with van der Waals surface area (Å²) in [5.74, 6) is 1.73. The topological polar surface area (TPSA) is 61.7 Å². The first-order chi connectivity index (χ1) is 13.2. The van der Waals surface area contributed by atoms with Crippen LogP contribution in [0.2, 0.25) is 0 Å². The first-order valence-electron chi connectivity index (χ1n) is 11.3. The summed E-state index contributed by atoms with van der Waals surface area (Å²) in [6.07, 6.45) is 9.50. The predicted octanol–water partition coefficient (Wildman–Crippen LogP) is -0.335. The summed E-state index contributed by atoms with van der Waals surface area (Å²) in [7, 11) is 0. The zero-order valence-corrected chi connectivity index (χ0v) is 17.2. The van der Waals surface area contributed by atoms with Gasteiger partial charge in [0.15, 0.2) is 6.04 Å². The molecule has 0 bridgehead atoms. The second-order valence-corrected chi connectivity index (χ2v) is 9.33. The average Bonchev–Trinajstić information content (AvgIpc) is 3.43. The Hall–Kier alpha value is -1.05. The molecule has 1 aliphatic carbocycles. The van der Waals surface area contributed by atoms with E-state index in [0.717, 1.165) is 44.3 Å². The SMILES string of the molecule is CC(C)C[C@H](c1nnnn1C[C@@H]1CCCO1)[NH+]1CC[NH+](C2CCCC2)CC1. The third-order valence-electron chi connectivity index (χ3n) is 6.94. The van der Waals surface area contributed by atoms with Crippen LogP contribution in [0.1, 0.15) is 70.7 Å². The number of tetrazole rings is 1. The minimum Gasteiger partial charge on any atom is -0.376 e. The van der Waals surface area contributed by atoms with Crippen molar-refractivity contribution in [3.8, 4) is 0 Å². The van der Waals surface area contributed by atoms with E-state index in [4.69, 9.17) is 4.74 Å². The van der Waals surface area contributed by atoms with E-state index in [9.17, 15) is 0 Å². The summed E-state index contributed by atoms with van der Waals surface area (Å²) in [6, 6.07) is 1.34. The Balaban J connectivity index is 1.43. The lowest BCUT2D eigenvalue weighted by atomic mass is 10.0. The molecule has 4 rings (SSSR count). The third kappa shape index (κ3) is 4.69. The second kappa shape index (κ2) is 8.97. The molecular formula is C20H38N6O+2. The average molecular weight is 379 g/mol. The largest absolute Gasteiger partial charge is 0.376 e. The number of quaternary nitrogens is 2. The van der Waals surface area contributed by atoms with Crippen LogP contribution >= 0.6 is 0 Å². The van der Waals surface area contributed by atoms with Crippen molar-refractivity contribution in [2.24, 2.45) is 5.92 Å². The standard InChI is InChI=1S/C20H36N6O/c1-16(2)14-19(20-21-22-23-26(20)15-18-8-5-13-27-18)25-11-9-24(10-12-25)17-6-3-4-7-17/h16-19H,3-15H2,1-2H3/p+2/t18-,19+/m0/s1. The van der Waals surface area contributed by atoms with E-state index in [1.165, 1.54) is 51.9 Å². The number of nitrogens with zero attached hydrogens (tertiary/aromatic N) is 4. The van der Waals surface area contributed by atoms with E-state index < -0.39 is 0 Å². The molecule has 1 aromatic heterocycles. The Morgan fingerprint density at radius 1 is 1.07 bits per heavy atom. The highest BCUT2D eigenvalue weighted by Gasteiger charge is 2.37. The van der Waals surface area contributed by atoms with Gasteiger partial charge in [-0.2, -0.15) is 0 Å². The highest BCUT2D eigenvalue weighted by atomic mass is 16.5. The van der Waals surface area contributed by atoms with Gasteiger partial charge in [-0.05, 0) is 54.9 Å². The van der Waals surface area contributed by atoms with Gasteiger partial charge in [-0.15, -0.1) is 5.10 Å². The maximum absolute atomic E-state index is 5.83. The van der Waals surface area contributed by atoms with Crippen molar-refractivity contribution in [3.63, 3.8) is 0 Å². The highest BCUT2D eigenvalue weighted by Crippen LogP contribution is 2.19. The number of rotatable bonds is 7. The van der Waals surface area contributed by atoms with E-state index in [2.05, 4.69) is 29.4 Å². The van der Waals surface area contributed by atoms with Gasteiger partial charge in [-0.25, -0.2) is 4.68 Å². The van der Waals surface area contributed by atoms with Crippen molar-refractivity contribution in [1.29, 1.82) is 0 Å². The number of piperazine rings is 1.